The molecule has 134 valence electrons. The van der Waals surface area contributed by atoms with Gasteiger partial charge >= 0.3 is 0 Å². The van der Waals surface area contributed by atoms with Gasteiger partial charge in [0.25, 0.3) is 0 Å². The molecular weight excluding hydrogens is 358 g/mol. The van der Waals surface area contributed by atoms with E-state index in [9.17, 15) is 13.6 Å². The first-order valence-electron chi connectivity index (χ1n) is 8.08. The van der Waals surface area contributed by atoms with Gasteiger partial charge in [-0.05, 0) is 47.8 Å². The molecule has 1 aromatic heterocycles. The molecule has 26 heavy (non-hydrogen) atoms. The maximum atomic E-state index is 14.1. The van der Waals surface area contributed by atoms with E-state index in [1.54, 1.807) is 6.20 Å². The molecule has 2 N–H and O–H groups in total. The Hall–Kier alpha value is -2.66. The molecule has 1 heterocycles. The summed E-state index contributed by atoms with van der Waals surface area (Å²) >= 11 is 6.24. The summed E-state index contributed by atoms with van der Waals surface area (Å²) in [6, 6.07) is 2.51. The molecule has 0 aliphatic heterocycles. The number of hydrogen-bond acceptors (Lipinski definition) is 1. The summed E-state index contributed by atoms with van der Waals surface area (Å²) in [5, 5.41) is 4.50. The fraction of sp³-hybridized carbons (Fsp3) is 0.150. The monoisotopic (exact) mass is 374 g/mol. The molecule has 6 heteroatoms. The van der Waals surface area contributed by atoms with Gasteiger partial charge in [0.2, 0.25) is 5.91 Å². The zero-order chi connectivity index (χ0) is 18.8. The summed E-state index contributed by atoms with van der Waals surface area (Å²) in [6.07, 6.45) is 9.30. The minimum atomic E-state index is -1.11. The van der Waals surface area contributed by atoms with Crippen molar-refractivity contribution in [3.63, 3.8) is 0 Å². The lowest BCUT2D eigenvalue weighted by Crippen LogP contribution is -2.24. The van der Waals surface area contributed by atoms with Gasteiger partial charge in [-0.15, -0.1) is 0 Å². The highest BCUT2D eigenvalue weighted by atomic mass is 35.5. The number of amides is 1. The van der Waals surface area contributed by atoms with Crippen molar-refractivity contribution < 1.29 is 13.6 Å². The van der Waals surface area contributed by atoms with E-state index in [1.807, 2.05) is 19.1 Å². The van der Waals surface area contributed by atoms with E-state index in [1.165, 1.54) is 6.07 Å². The molecule has 1 unspecified atom stereocenters. The van der Waals surface area contributed by atoms with Crippen molar-refractivity contribution in [3.8, 4) is 0 Å². The molecule has 0 saturated carbocycles. The maximum absolute atomic E-state index is 14.1. The van der Waals surface area contributed by atoms with Gasteiger partial charge in [0.05, 0.1) is 10.7 Å². The van der Waals surface area contributed by atoms with E-state index >= 15 is 0 Å². The first kappa shape index (κ1) is 18.1. The minimum Gasteiger partial charge on any atom is -0.360 e. The highest BCUT2D eigenvalue weighted by Gasteiger charge is 2.15. The third-order valence-corrected chi connectivity index (χ3v) is 4.48. The fourth-order valence-electron chi connectivity index (χ4n) is 2.83. The SMILES string of the molecule is C=CC(=O)Nc1cc(C2=CC(C)CC=c3[nH]cc(Cl)c3=C2)cc(F)c1F. The number of benzene rings is 1. The van der Waals surface area contributed by atoms with Crippen molar-refractivity contribution in [1.29, 1.82) is 0 Å². The average molecular weight is 375 g/mol. The van der Waals surface area contributed by atoms with Crippen molar-refractivity contribution in [2.45, 2.75) is 13.3 Å². The average Bonchev–Trinajstić information content (AvgIpc) is 2.93. The van der Waals surface area contributed by atoms with E-state index in [4.69, 9.17) is 11.6 Å². The third kappa shape index (κ3) is 3.63. The smallest absolute Gasteiger partial charge is 0.247 e. The van der Waals surface area contributed by atoms with E-state index in [0.717, 1.165) is 29.1 Å². The van der Waals surface area contributed by atoms with Crippen LogP contribution in [0.15, 0.2) is 37.1 Å². The van der Waals surface area contributed by atoms with E-state index in [-0.39, 0.29) is 11.6 Å². The molecule has 0 radical (unpaired) electrons. The predicted molar refractivity (Wildman–Crippen MR) is 101 cm³/mol. The van der Waals surface area contributed by atoms with E-state index in [2.05, 4.69) is 23.0 Å². The summed E-state index contributed by atoms with van der Waals surface area (Å²) in [7, 11) is 0. The van der Waals surface area contributed by atoms with Gasteiger partial charge in [0, 0.05) is 16.8 Å². The normalized spacial score (nSPS) is 16.3. The number of carbonyl (C=O) groups excluding carboxylic acids is 1. The number of allylic oxidation sites excluding steroid dienone is 2. The largest absolute Gasteiger partial charge is 0.360 e. The summed E-state index contributed by atoms with van der Waals surface area (Å²) in [6.45, 7) is 5.34. The van der Waals surface area contributed by atoms with Crippen LogP contribution in [0, 0.1) is 17.6 Å². The molecule has 0 saturated heterocycles. The molecule has 2 aromatic rings. The Morgan fingerprint density at radius 3 is 2.92 bits per heavy atom. The van der Waals surface area contributed by atoms with Crippen LogP contribution in [-0.4, -0.2) is 10.9 Å². The number of anilines is 1. The van der Waals surface area contributed by atoms with Gasteiger partial charge in [-0.1, -0.05) is 37.3 Å². The number of hydrogen-bond donors (Lipinski definition) is 2. The number of fused-ring (bicyclic) bond motifs is 1. The lowest BCUT2D eigenvalue weighted by molar-refractivity contribution is -0.111. The summed E-state index contributed by atoms with van der Waals surface area (Å²) in [4.78, 5) is 14.6. The second-order valence-corrected chi connectivity index (χ2v) is 6.57. The Bertz CT molecular complexity index is 1040. The number of aromatic amines is 1. The van der Waals surface area contributed by atoms with Crippen LogP contribution in [0.3, 0.4) is 0 Å². The van der Waals surface area contributed by atoms with Crippen LogP contribution in [0.25, 0.3) is 17.7 Å². The molecule has 0 bridgehead atoms. The summed E-state index contributed by atoms with van der Waals surface area (Å²) in [5.41, 5.74) is 0.905. The van der Waals surface area contributed by atoms with Crippen LogP contribution >= 0.6 is 11.6 Å². The van der Waals surface area contributed by atoms with Gasteiger partial charge in [-0.3, -0.25) is 4.79 Å². The van der Waals surface area contributed by atoms with Crippen LogP contribution in [0.4, 0.5) is 14.5 Å². The number of aromatic nitrogens is 1. The number of H-pyrrole nitrogens is 1. The Balaban J connectivity index is 2.18. The van der Waals surface area contributed by atoms with E-state index < -0.39 is 17.5 Å². The Morgan fingerprint density at radius 2 is 2.19 bits per heavy atom. The first-order chi connectivity index (χ1) is 12.4. The van der Waals surface area contributed by atoms with Gasteiger partial charge < -0.3 is 10.3 Å². The highest BCUT2D eigenvalue weighted by molar-refractivity contribution is 6.30. The molecule has 1 aliphatic carbocycles. The molecule has 1 aromatic carbocycles. The number of nitrogens with one attached hydrogen (secondary N) is 2. The molecular formula is C20H17ClF2N2O. The topological polar surface area (TPSA) is 44.9 Å². The van der Waals surface area contributed by atoms with Crippen molar-refractivity contribution in [2.24, 2.45) is 5.92 Å². The van der Waals surface area contributed by atoms with Crippen molar-refractivity contribution in [1.82, 2.24) is 4.98 Å². The lowest BCUT2D eigenvalue weighted by Gasteiger charge is -2.12. The van der Waals surface area contributed by atoms with Crippen molar-refractivity contribution in [3.05, 3.63) is 69.8 Å². The molecule has 3 nitrogen and oxygen atoms in total. The lowest BCUT2D eigenvalue weighted by atomic mass is 9.95. The van der Waals surface area contributed by atoms with Gasteiger partial charge in [0.1, 0.15) is 0 Å². The second-order valence-electron chi connectivity index (χ2n) is 6.16. The Morgan fingerprint density at radius 1 is 1.42 bits per heavy atom. The fourth-order valence-corrected chi connectivity index (χ4v) is 3.04. The second kappa shape index (κ2) is 7.30. The zero-order valence-electron chi connectivity index (χ0n) is 14.1. The van der Waals surface area contributed by atoms with Crippen LogP contribution in [0.1, 0.15) is 18.9 Å². The van der Waals surface area contributed by atoms with Crippen LogP contribution in [0.2, 0.25) is 5.02 Å². The molecule has 1 atom stereocenters. The zero-order valence-corrected chi connectivity index (χ0v) is 14.8. The molecule has 0 fully saturated rings. The Kier molecular flexibility index (Phi) is 5.09. The van der Waals surface area contributed by atoms with Crippen LogP contribution in [-0.2, 0) is 4.79 Å². The number of carbonyl (C=O) groups is 1. The highest BCUT2D eigenvalue weighted by Crippen LogP contribution is 2.27. The van der Waals surface area contributed by atoms with Gasteiger partial charge in [-0.2, -0.15) is 0 Å². The summed E-state index contributed by atoms with van der Waals surface area (Å²) in [5.74, 6) is -2.60. The summed E-state index contributed by atoms with van der Waals surface area (Å²) < 4.78 is 28.1. The maximum Gasteiger partial charge on any atom is 0.247 e. The van der Waals surface area contributed by atoms with Gasteiger partial charge in [0.15, 0.2) is 11.6 Å². The predicted octanol–water partition coefficient (Wildman–Crippen LogP) is 3.76. The van der Waals surface area contributed by atoms with Crippen molar-refractivity contribution in [2.75, 3.05) is 5.32 Å². The third-order valence-electron chi connectivity index (χ3n) is 4.16. The number of halogens is 3. The Labute approximate surface area is 154 Å². The molecule has 3 rings (SSSR count). The standard InChI is InChI=1S/C20H17ClF2N2O/c1-3-19(26)25-18-9-13(8-16(22)20(18)23)12-6-11(2)4-5-17-14(7-12)15(21)10-24-17/h3,5-11,24H,1,4H2,2H3,(H,25,26). The minimum absolute atomic E-state index is 0.177. The molecule has 1 amide bonds. The molecule has 0 spiro atoms. The number of rotatable bonds is 3. The molecule has 1 aliphatic rings. The van der Waals surface area contributed by atoms with Crippen LogP contribution in [0.5, 0.6) is 0 Å². The van der Waals surface area contributed by atoms with Gasteiger partial charge in [-0.25, -0.2) is 8.78 Å². The van der Waals surface area contributed by atoms with E-state index in [0.29, 0.717) is 16.2 Å². The van der Waals surface area contributed by atoms with Crippen molar-refractivity contribution >= 4 is 40.9 Å². The quantitative estimate of drug-likeness (QED) is 0.789. The van der Waals surface area contributed by atoms with Crippen LogP contribution < -0.4 is 15.9 Å². The first-order valence-corrected chi connectivity index (χ1v) is 8.46.